The molecule has 0 unspecified atom stereocenters. The van der Waals surface area contributed by atoms with Gasteiger partial charge in [-0.15, -0.1) is 0 Å². The van der Waals surface area contributed by atoms with Crippen molar-refractivity contribution in [3.05, 3.63) is 26.3 Å². The number of rotatable bonds is 3. The van der Waals surface area contributed by atoms with Crippen LogP contribution >= 0.6 is 27.5 Å². The molecule has 0 spiro atoms. The molecule has 9 heteroatoms. The van der Waals surface area contributed by atoms with Crippen LogP contribution in [0.15, 0.2) is 15.8 Å². The van der Waals surface area contributed by atoms with E-state index in [0.29, 0.717) is 0 Å². The summed E-state index contributed by atoms with van der Waals surface area (Å²) in [6, 6.07) is 1.21. The van der Waals surface area contributed by atoms with Gasteiger partial charge < -0.3 is 4.74 Å². The number of pyridine rings is 1. The highest BCUT2D eigenvalue weighted by Gasteiger charge is 2.15. The number of ether oxygens (including phenoxy) is 1. The Labute approximate surface area is 95.8 Å². The molecule has 1 rings (SSSR count). The van der Waals surface area contributed by atoms with Crippen molar-refractivity contribution >= 4 is 33.2 Å². The summed E-state index contributed by atoms with van der Waals surface area (Å²) in [5.74, 6) is -0.451. The molecule has 0 saturated heterocycles. The average Bonchev–Trinajstić information content (AvgIpc) is 2.11. The van der Waals surface area contributed by atoms with E-state index in [9.17, 15) is 8.78 Å². The third kappa shape index (κ3) is 3.19. The average molecular weight is 299 g/mol. The van der Waals surface area contributed by atoms with Gasteiger partial charge in [0.05, 0.1) is 5.69 Å². The van der Waals surface area contributed by atoms with Crippen LogP contribution in [0.1, 0.15) is 0 Å². The largest absolute Gasteiger partial charge is 0.431 e. The summed E-state index contributed by atoms with van der Waals surface area (Å²) in [7, 11) is 0. The molecule has 0 aliphatic heterocycles. The number of azide groups is 1. The van der Waals surface area contributed by atoms with Crippen molar-refractivity contribution in [1.29, 1.82) is 0 Å². The Morgan fingerprint density at radius 1 is 1.67 bits per heavy atom. The predicted molar refractivity (Wildman–Crippen MR) is 52.4 cm³/mol. The molecular weight excluding hydrogens is 297 g/mol. The van der Waals surface area contributed by atoms with Crippen LogP contribution in [0.4, 0.5) is 14.5 Å². The van der Waals surface area contributed by atoms with E-state index in [1.54, 1.807) is 0 Å². The first-order chi connectivity index (χ1) is 7.04. The van der Waals surface area contributed by atoms with E-state index in [1.807, 2.05) is 0 Å². The molecule has 0 saturated carbocycles. The standard InChI is InChI=1S/C6H2BrClF2N4O/c7-3-1-2(13-14-11)4(5(8)12-3)15-6(9)10/h1,6H. The van der Waals surface area contributed by atoms with E-state index in [2.05, 4.69) is 35.7 Å². The molecular formula is C6H2BrClF2N4O. The zero-order valence-corrected chi connectivity index (χ0v) is 9.21. The highest BCUT2D eigenvalue weighted by atomic mass is 79.9. The van der Waals surface area contributed by atoms with Crippen LogP contribution < -0.4 is 4.74 Å². The van der Waals surface area contributed by atoms with E-state index in [1.165, 1.54) is 6.07 Å². The topological polar surface area (TPSA) is 70.9 Å². The third-order valence-corrected chi connectivity index (χ3v) is 1.90. The summed E-state index contributed by atoms with van der Waals surface area (Å²) in [6.45, 7) is -3.07. The number of aromatic nitrogens is 1. The van der Waals surface area contributed by atoms with Gasteiger partial charge in [-0.2, -0.15) is 8.78 Å². The van der Waals surface area contributed by atoms with Crippen LogP contribution in [0.25, 0.3) is 10.4 Å². The molecule has 0 aliphatic carbocycles. The van der Waals surface area contributed by atoms with Crippen LogP contribution in [0, 0.1) is 0 Å². The lowest BCUT2D eigenvalue weighted by Crippen LogP contribution is -2.03. The molecule has 80 valence electrons. The van der Waals surface area contributed by atoms with E-state index in [4.69, 9.17) is 17.1 Å². The third-order valence-electron chi connectivity index (χ3n) is 1.24. The van der Waals surface area contributed by atoms with Crippen LogP contribution in [-0.2, 0) is 0 Å². The Morgan fingerprint density at radius 2 is 2.33 bits per heavy atom. The van der Waals surface area contributed by atoms with Gasteiger partial charge in [-0.05, 0) is 27.5 Å². The van der Waals surface area contributed by atoms with Crippen molar-refractivity contribution < 1.29 is 13.5 Å². The Balaban J connectivity index is 3.26. The Morgan fingerprint density at radius 3 is 2.87 bits per heavy atom. The smallest absolute Gasteiger partial charge is 0.387 e. The van der Waals surface area contributed by atoms with Crippen molar-refractivity contribution in [2.24, 2.45) is 5.11 Å². The highest BCUT2D eigenvalue weighted by molar-refractivity contribution is 9.10. The van der Waals surface area contributed by atoms with Crippen LogP contribution in [0.5, 0.6) is 5.75 Å². The van der Waals surface area contributed by atoms with E-state index in [-0.39, 0.29) is 15.4 Å². The van der Waals surface area contributed by atoms with Gasteiger partial charge >= 0.3 is 6.61 Å². The molecule has 0 amide bonds. The Kier molecular flexibility index (Phi) is 4.07. The van der Waals surface area contributed by atoms with Crippen LogP contribution in [-0.4, -0.2) is 11.6 Å². The van der Waals surface area contributed by atoms with Gasteiger partial charge in [0, 0.05) is 4.91 Å². The molecule has 0 N–H and O–H groups in total. The molecule has 1 aromatic rings. The molecule has 0 aromatic carbocycles. The molecule has 0 bridgehead atoms. The van der Waals surface area contributed by atoms with Crippen molar-refractivity contribution in [2.75, 3.05) is 0 Å². The summed E-state index contributed by atoms with van der Waals surface area (Å²) in [6.07, 6.45) is 0. The zero-order chi connectivity index (χ0) is 11.4. The molecule has 0 aliphatic rings. The van der Waals surface area contributed by atoms with Gasteiger partial charge in [0.2, 0.25) is 0 Å². The summed E-state index contributed by atoms with van der Waals surface area (Å²) < 4.78 is 28.2. The molecule has 0 radical (unpaired) electrons. The molecule has 1 aromatic heterocycles. The summed E-state index contributed by atoms with van der Waals surface area (Å²) in [4.78, 5) is 6.06. The van der Waals surface area contributed by atoms with Gasteiger partial charge in [0.1, 0.15) is 4.60 Å². The van der Waals surface area contributed by atoms with Gasteiger partial charge in [-0.3, -0.25) is 0 Å². The number of hydrogen-bond acceptors (Lipinski definition) is 3. The number of hydrogen-bond donors (Lipinski definition) is 0. The minimum absolute atomic E-state index is 0.162. The normalized spacial score (nSPS) is 9.93. The van der Waals surface area contributed by atoms with Gasteiger partial charge in [-0.25, -0.2) is 4.98 Å². The fourth-order valence-electron chi connectivity index (χ4n) is 0.781. The van der Waals surface area contributed by atoms with E-state index in [0.717, 1.165) is 0 Å². The second kappa shape index (κ2) is 5.11. The lowest BCUT2D eigenvalue weighted by Gasteiger charge is -2.08. The fourth-order valence-corrected chi connectivity index (χ4v) is 1.51. The SMILES string of the molecule is [N-]=[N+]=Nc1cc(Br)nc(Cl)c1OC(F)F. The first kappa shape index (κ1) is 12.0. The van der Waals surface area contributed by atoms with Crippen LogP contribution in [0.2, 0.25) is 5.15 Å². The van der Waals surface area contributed by atoms with Crippen molar-refractivity contribution in [1.82, 2.24) is 4.98 Å². The maximum absolute atomic E-state index is 12.0. The summed E-state index contributed by atoms with van der Waals surface area (Å²) >= 11 is 8.49. The number of alkyl halides is 2. The molecule has 15 heavy (non-hydrogen) atoms. The highest BCUT2D eigenvalue weighted by Crippen LogP contribution is 2.37. The van der Waals surface area contributed by atoms with Gasteiger partial charge in [-0.1, -0.05) is 16.7 Å². The Bertz CT molecular complexity index is 424. The minimum atomic E-state index is -3.07. The van der Waals surface area contributed by atoms with Crippen molar-refractivity contribution in [3.8, 4) is 5.75 Å². The van der Waals surface area contributed by atoms with E-state index >= 15 is 0 Å². The first-order valence-electron chi connectivity index (χ1n) is 3.40. The second-order valence-electron chi connectivity index (χ2n) is 2.15. The van der Waals surface area contributed by atoms with Gasteiger partial charge in [0.25, 0.3) is 0 Å². The summed E-state index contributed by atoms with van der Waals surface area (Å²) in [5.41, 5.74) is 8.03. The quantitative estimate of drug-likeness (QED) is 0.366. The lowest BCUT2D eigenvalue weighted by atomic mass is 10.4. The number of halogens is 4. The zero-order valence-electron chi connectivity index (χ0n) is 6.86. The van der Waals surface area contributed by atoms with Crippen molar-refractivity contribution in [2.45, 2.75) is 6.61 Å². The second-order valence-corrected chi connectivity index (χ2v) is 3.32. The fraction of sp³-hybridized carbons (Fsp3) is 0.167. The first-order valence-corrected chi connectivity index (χ1v) is 4.57. The van der Waals surface area contributed by atoms with Crippen LogP contribution in [0.3, 0.4) is 0 Å². The molecule has 1 heterocycles. The molecule has 5 nitrogen and oxygen atoms in total. The number of nitrogens with zero attached hydrogens (tertiary/aromatic N) is 4. The van der Waals surface area contributed by atoms with Crippen molar-refractivity contribution in [3.63, 3.8) is 0 Å². The molecule has 0 fully saturated rings. The lowest BCUT2D eigenvalue weighted by molar-refractivity contribution is -0.0496. The minimum Gasteiger partial charge on any atom is -0.431 e. The monoisotopic (exact) mass is 298 g/mol. The summed E-state index contributed by atoms with van der Waals surface area (Å²) in [5, 5.41) is 2.84. The molecule has 0 atom stereocenters. The maximum Gasteiger partial charge on any atom is 0.387 e. The van der Waals surface area contributed by atoms with Gasteiger partial charge in [0.15, 0.2) is 10.9 Å². The Hall–Kier alpha value is -1.11. The predicted octanol–water partition coefficient (Wildman–Crippen LogP) is 4.04. The van der Waals surface area contributed by atoms with E-state index < -0.39 is 12.4 Å². The maximum atomic E-state index is 12.0.